The summed E-state index contributed by atoms with van der Waals surface area (Å²) in [5.41, 5.74) is 0.510. The molecule has 0 aliphatic rings. The van der Waals surface area contributed by atoms with Crippen LogP contribution < -0.4 is 4.74 Å². The van der Waals surface area contributed by atoms with Crippen LogP contribution >= 0.6 is 11.6 Å². The lowest BCUT2D eigenvalue weighted by Gasteiger charge is -2.09. The molecule has 6 heteroatoms. The minimum absolute atomic E-state index is 0.122. The molecule has 0 atom stereocenters. The second kappa shape index (κ2) is 5.48. The molecule has 1 nitrogen and oxygen atoms in total. The van der Waals surface area contributed by atoms with Crippen molar-refractivity contribution in [3.8, 4) is 5.75 Å². The third kappa shape index (κ3) is 2.98. The molecule has 0 aliphatic heterocycles. The number of hydrogen-bond donors (Lipinski definition) is 0. The van der Waals surface area contributed by atoms with Crippen LogP contribution in [0.25, 0.3) is 0 Å². The van der Waals surface area contributed by atoms with E-state index in [0.717, 1.165) is 0 Å². The van der Waals surface area contributed by atoms with E-state index >= 15 is 0 Å². The van der Waals surface area contributed by atoms with Crippen LogP contribution in [-0.2, 0) is 6.61 Å². The van der Waals surface area contributed by atoms with E-state index in [1.165, 1.54) is 6.07 Å². The quantitative estimate of drug-likeness (QED) is 0.598. The first-order valence-corrected chi connectivity index (χ1v) is 5.57. The molecule has 0 bridgehead atoms. The number of rotatable bonds is 3. The molecule has 19 heavy (non-hydrogen) atoms. The summed E-state index contributed by atoms with van der Waals surface area (Å²) in [7, 11) is 0. The average molecular weight is 291 g/mol. The van der Waals surface area contributed by atoms with Gasteiger partial charge >= 0.3 is 0 Å². The van der Waals surface area contributed by atoms with Crippen LogP contribution in [-0.4, -0.2) is 0 Å². The van der Waals surface area contributed by atoms with E-state index < -0.39 is 29.0 Å². The molecule has 0 aliphatic carbocycles. The number of hydrogen-bond acceptors (Lipinski definition) is 1. The van der Waals surface area contributed by atoms with Crippen LogP contribution in [0, 0.1) is 23.3 Å². The third-order valence-corrected chi connectivity index (χ3v) is 2.58. The molecule has 0 saturated carbocycles. The first-order chi connectivity index (χ1) is 8.99. The summed E-state index contributed by atoms with van der Waals surface area (Å²) in [5, 5.41) is 0.410. The van der Waals surface area contributed by atoms with E-state index in [9.17, 15) is 17.6 Å². The largest absolute Gasteiger partial charge is 0.483 e. The van der Waals surface area contributed by atoms with Crippen molar-refractivity contribution < 1.29 is 22.3 Å². The lowest BCUT2D eigenvalue weighted by molar-refractivity contribution is 0.261. The van der Waals surface area contributed by atoms with Crippen LogP contribution in [0.2, 0.25) is 5.02 Å². The Morgan fingerprint density at radius 2 is 1.58 bits per heavy atom. The molecule has 0 amide bonds. The molecule has 0 spiro atoms. The first-order valence-electron chi connectivity index (χ1n) is 5.19. The SMILES string of the molecule is Fc1cc(F)c(F)c(OCc2cccc(Cl)c2)c1F. The minimum atomic E-state index is -1.57. The van der Waals surface area contributed by atoms with E-state index in [4.69, 9.17) is 16.3 Å². The Kier molecular flexibility index (Phi) is 3.95. The van der Waals surface area contributed by atoms with Gasteiger partial charge in [0.1, 0.15) is 6.61 Å². The van der Waals surface area contributed by atoms with Crippen molar-refractivity contribution in [2.75, 3.05) is 0 Å². The fraction of sp³-hybridized carbons (Fsp3) is 0.0769. The Balaban J connectivity index is 2.25. The Hall–Kier alpha value is -1.75. The molecule has 0 fully saturated rings. The maximum Gasteiger partial charge on any atom is 0.203 e. The predicted molar refractivity (Wildman–Crippen MR) is 62.1 cm³/mol. The topological polar surface area (TPSA) is 9.23 Å². The van der Waals surface area contributed by atoms with Crippen molar-refractivity contribution >= 4 is 11.6 Å². The lowest BCUT2D eigenvalue weighted by atomic mass is 10.2. The van der Waals surface area contributed by atoms with Gasteiger partial charge in [0, 0.05) is 11.1 Å². The molecule has 0 unspecified atom stereocenters. The third-order valence-electron chi connectivity index (χ3n) is 2.34. The van der Waals surface area contributed by atoms with Gasteiger partial charge in [-0.25, -0.2) is 8.78 Å². The Labute approximate surface area is 111 Å². The highest BCUT2D eigenvalue weighted by atomic mass is 35.5. The summed E-state index contributed by atoms with van der Waals surface area (Å²) in [4.78, 5) is 0. The highest BCUT2D eigenvalue weighted by Crippen LogP contribution is 2.27. The Morgan fingerprint density at radius 3 is 2.16 bits per heavy atom. The molecule has 0 aromatic heterocycles. The van der Waals surface area contributed by atoms with Gasteiger partial charge in [0.15, 0.2) is 17.4 Å². The van der Waals surface area contributed by atoms with Crippen molar-refractivity contribution in [1.29, 1.82) is 0 Å². The molecule has 0 N–H and O–H groups in total. The van der Waals surface area contributed by atoms with Crippen LogP contribution in [0.4, 0.5) is 17.6 Å². The maximum atomic E-state index is 13.3. The van der Waals surface area contributed by atoms with Crippen molar-refractivity contribution in [3.63, 3.8) is 0 Å². The zero-order valence-corrected chi connectivity index (χ0v) is 10.1. The second-order valence-electron chi connectivity index (χ2n) is 3.72. The van der Waals surface area contributed by atoms with Gasteiger partial charge in [-0.15, -0.1) is 0 Å². The van der Waals surface area contributed by atoms with Crippen molar-refractivity contribution in [1.82, 2.24) is 0 Å². The van der Waals surface area contributed by atoms with Crippen molar-refractivity contribution in [2.45, 2.75) is 6.61 Å². The molecule has 2 aromatic carbocycles. The summed E-state index contributed by atoms with van der Waals surface area (Å²) in [6, 6.07) is 6.44. The van der Waals surface area contributed by atoms with Gasteiger partial charge in [-0.2, -0.15) is 8.78 Å². The zero-order valence-electron chi connectivity index (χ0n) is 9.39. The highest BCUT2D eigenvalue weighted by molar-refractivity contribution is 6.30. The molecular weight excluding hydrogens is 284 g/mol. The molecule has 100 valence electrons. The average Bonchev–Trinajstić information content (AvgIpc) is 2.36. The van der Waals surface area contributed by atoms with Gasteiger partial charge in [0.05, 0.1) is 0 Å². The molecule has 0 heterocycles. The minimum Gasteiger partial charge on any atom is -0.483 e. The smallest absolute Gasteiger partial charge is 0.203 e. The van der Waals surface area contributed by atoms with E-state index in [0.29, 0.717) is 10.6 Å². The zero-order chi connectivity index (χ0) is 14.0. The van der Waals surface area contributed by atoms with Gasteiger partial charge in [0.25, 0.3) is 0 Å². The maximum absolute atomic E-state index is 13.3. The fourth-order valence-corrected chi connectivity index (χ4v) is 1.67. The Bertz CT molecular complexity index is 590. The molecular formula is C13H7ClF4O. The molecule has 2 aromatic rings. The van der Waals surface area contributed by atoms with Gasteiger partial charge in [-0.1, -0.05) is 23.7 Å². The number of halogens is 5. The molecule has 0 radical (unpaired) electrons. The van der Waals surface area contributed by atoms with E-state index in [-0.39, 0.29) is 12.7 Å². The van der Waals surface area contributed by atoms with E-state index in [1.54, 1.807) is 18.2 Å². The van der Waals surface area contributed by atoms with Crippen LogP contribution in [0.5, 0.6) is 5.75 Å². The summed E-state index contributed by atoms with van der Waals surface area (Å²) in [5.74, 6) is -7.25. The highest BCUT2D eigenvalue weighted by Gasteiger charge is 2.20. The normalized spacial score (nSPS) is 10.6. The summed E-state index contributed by atoms with van der Waals surface area (Å²) >= 11 is 5.72. The van der Waals surface area contributed by atoms with Crippen molar-refractivity contribution in [2.24, 2.45) is 0 Å². The first kappa shape index (κ1) is 13.7. The second-order valence-corrected chi connectivity index (χ2v) is 4.15. The van der Waals surface area contributed by atoms with E-state index in [2.05, 4.69) is 0 Å². The number of ether oxygens (including phenoxy) is 1. The molecule has 0 saturated heterocycles. The monoisotopic (exact) mass is 290 g/mol. The van der Waals surface area contributed by atoms with E-state index in [1.807, 2.05) is 0 Å². The van der Waals surface area contributed by atoms with Crippen LogP contribution in [0.1, 0.15) is 5.56 Å². The summed E-state index contributed by atoms with van der Waals surface area (Å²) in [6.45, 7) is -0.267. The van der Waals surface area contributed by atoms with Crippen molar-refractivity contribution in [3.05, 3.63) is 64.2 Å². The van der Waals surface area contributed by atoms with Gasteiger partial charge in [-0.3, -0.25) is 0 Å². The Morgan fingerprint density at radius 1 is 0.947 bits per heavy atom. The van der Waals surface area contributed by atoms with Gasteiger partial charge in [-0.05, 0) is 17.7 Å². The summed E-state index contributed by atoms with van der Waals surface area (Å²) < 4.78 is 57.2. The van der Waals surface area contributed by atoms with Crippen LogP contribution in [0.3, 0.4) is 0 Å². The standard InChI is InChI=1S/C13H7ClF4O/c14-8-3-1-2-7(4-8)6-19-13-11(17)9(15)5-10(16)12(13)18/h1-5H,6H2. The van der Waals surface area contributed by atoms with Crippen LogP contribution in [0.15, 0.2) is 30.3 Å². The lowest BCUT2D eigenvalue weighted by Crippen LogP contribution is -2.03. The fourth-order valence-electron chi connectivity index (χ4n) is 1.46. The number of benzene rings is 2. The molecule has 2 rings (SSSR count). The van der Waals surface area contributed by atoms with Gasteiger partial charge < -0.3 is 4.74 Å². The predicted octanol–water partition coefficient (Wildman–Crippen LogP) is 4.48. The summed E-state index contributed by atoms with van der Waals surface area (Å²) in [6.07, 6.45) is 0. The van der Waals surface area contributed by atoms with Gasteiger partial charge in [0.2, 0.25) is 11.6 Å².